The minimum atomic E-state index is -0.435. The van der Waals surface area contributed by atoms with Gasteiger partial charge in [-0.05, 0) is 87.9 Å². The van der Waals surface area contributed by atoms with E-state index in [1.165, 1.54) is 0 Å². The summed E-state index contributed by atoms with van der Waals surface area (Å²) in [6.07, 6.45) is 2.03. The quantitative estimate of drug-likeness (QED) is 0.323. The number of fused-ring (bicyclic) bond motifs is 1. The molecule has 164 valence electrons. The number of nitrogens with zero attached hydrogens (tertiary/aromatic N) is 2. The third kappa shape index (κ3) is 4.59. The van der Waals surface area contributed by atoms with E-state index in [4.69, 9.17) is 14.5 Å². The van der Waals surface area contributed by atoms with Gasteiger partial charge in [0, 0.05) is 17.3 Å². The van der Waals surface area contributed by atoms with E-state index in [9.17, 15) is 4.79 Å². The van der Waals surface area contributed by atoms with Crippen LogP contribution in [0, 0.1) is 6.92 Å². The molecule has 32 heavy (non-hydrogen) atoms. The first kappa shape index (κ1) is 21.4. The van der Waals surface area contributed by atoms with Crippen LogP contribution >= 0.6 is 0 Å². The van der Waals surface area contributed by atoms with Gasteiger partial charge in [0.05, 0.1) is 12.7 Å². The van der Waals surface area contributed by atoms with Crippen molar-refractivity contribution in [1.82, 2.24) is 9.38 Å². The molecule has 0 saturated carbocycles. The zero-order chi connectivity index (χ0) is 22.9. The number of imidazole rings is 1. The molecule has 0 radical (unpaired) electrons. The third-order valence-electron chi connectivity index (χ3n) is 4.92. The van der Waals surface area contributed by atoms with Gasteiger partial charge in [-0.2, -0.15) is 0 Å². The Morgan fingerprint density at radius 3 is 2.44 bits per heavy atom. The van der Waals surface area contributed by atoms with Gasteiger partial charge in [0.15, 0.2) is 0 Å². The molecule has 0 aliphatic rings. The number of rotatable bonds is 5. The molecule has 1 N–H and O–H groups in total. The summed E-state index contributed by atoms with van der Waals surface area (Å²) in [5.74, 6) is 1.56. The number of pyridine rings is 1. The van der Waals surface area contributed by atoms with E-state index in [1.54, 1.807) is 43.5 Å². The number of anilines is 1. The highest BCUT2D eigenvalue weighted by Crippen LogP contribution is 2.32. The van der Waals surface area contributed by atoms with Crippen LogP contribution in [0.25, 0.3) is 16.9 Å². The molecule has 0 fully saturated rings. The van der Waals surface area contributed by atoms with E-state index in [0.29, 0.717) is 17.1 Å². The van der Waals surface area contributed by atoms with Gasteiger partial charge in [-0.25, -0.2) is 9.78 Å². The molecular weight excluding hydrogens is 402 g/mol. The lowest BCUT2D eigenvalue weighted by Gasteiger charge is -2.22. The van der Waals surface area contributed by atoms with E-state index < -0.39 is 5.97 Å². The first-order valence-electron chi connectivity index (χ1n) is 10.5. The number of aryl methyl sites for hydroxylation is 1. The van der Waals surface area contributed by atoms with Crippen LogP contribution in [0.1, 0.15) is 36.7 Å². The Morgan fingerprint density at radius 2 is 1.75 bits per heavy atom. The smallest absolute Gasteiger partial charge is 0.343 e. The third-order valence-corrected chi connectivity index (χ3v) is 4.92. The molecule has 0 bridgehead atoms. The fraction of sp³-hybridized carbons (Fsp3) is 0.231. The SMILES string of the molecule is COc1cccc(C(=O)Oc2ccc(-c3nc4cc(C)ccn4c3NC(C)(C)C)cc2)c1. The standard InChI is InChI=1S/C26H27N3O3/c1-17-13-14-29-22(15-17)27-23(24(29)28-26(2,3)4)18-9-11-20(12-10-18)32-25(30)19-7-6-8-21(16-19)31-5/h6-16,28H,1-5H3. The Kier molecular flexibility index (Phi) is 5.61. The van der Waals surface area contributed by atoms with Crippen molar-refractivity contribution in [3.8, 4) is 22.8 Å². The van der Waals surface area contributed by atoms with Crippen molar-refractivity contribution in [3.05, 3.63) is 78.0 Å². The molecule has 2 heterocycles. The number of methoxy groups -OCH3 is 1. The van der Waals surface area contributed by atoms with E-state index in [2.05, 4.69) is 49.5 Å². The number of nitrogens with one attached hydrogen (secondary N) is 1. The summed E-state index contributed by atoms with van der Waals surface area (Å²) >= 11 is 0. The van der Waals surface area contributed by atoms with Gasteiger partial charge in [-0.1, -0.05) is 6.07 Å². The van der Waals surface area contributed by atoms with Gasteiger partial charge in [-0.3, -0.25) is 4.40 Å². The van der Waals surface area contributed by atoms with Gasteiger partial charge >= 0.3 is 5.97 Å². The Balaban J connectivity index is 1.63. The fourth-order valence-corrected chi connectivity index (χ4v) is 3.42. The average Bonchev–Trinajstić information content (AvgIpc) is 3.10. The van der Waals surface area contributed by atoms with Crippen molar-refractivity contribution >= 4 is 17.4 Å². The summed E-state index contributed by atoms with van der Waals surface area (Å²) < 4.78 is 12.8. The molecule has 0 amide bonds. The Hall–Kier alpha value is -3.80. The second-order valence-corrected chi connectivity index (χ2v) is 8.76. The van der Waals surface area contributed by atoms with Crippen LogP contribution in [0.3, 0.4) is 0 Å². The van der Waals surface area contributed by atoms with Crippen molar-refractivity contribution in [2.24, 2.45) is 0 Å². The topological polar surface area (TPSA) is 64.9 Å². The molecule has 0 unspecified atom stereocenters. The van der Waals surface area contributed by atoms with Gasteiger partial charge in [-0.15, -0.1) is 0 Å². The minimum Gasteiger partial charge on any atom is -0.497 e. The Bertz CT molecular complexity index is 1270. The number of benzene rings is 2. The monoisotopic (exact) mass is 429 g/mol. The average molecular weight is 430 g/mol. The molecule has 0 atom stereocenters. The maximum Gasteiger partial charge on any atom is 0.343 e. The summed E-state index contributed by atoms with van der Waals surface area (Å²) in [5.41, 5.74) is 4.09. The maximum absolute atomic E-state index is 12.5. The van der Waals surface area contributed by atoms with E-state index in [1.807, 2.05) is 18.3 Å². The highest BCUT2D eigenvalue weighted by Gasteiger charge is 2.19. The minimum absolute atomic E-state index is 0.137. The largest absolute Gasteiger partial charge is 0.497 e. The molecule has 4 aromatic rings. The van der Waals surface area contributed by atoms with Crippen molar-refractivity contribution in [2.75, 3.05) is 12.4 Å². The van der Waals surface area contributed by atoms with Crippen molar-refractivity contribution < 1.29 is 14.3 Å². The van der Waals surface area contributed by atoms with Crippen LogP contribution < -0.4 is 14.8 Å². The zero-order valence-electron chi connectivity index (χ0n) is 19.0. The summed E-state index contributed by atoms with van der Waals surface area (Å²) in [7, 11) is 1.56. The molecule has 6 nitrogen and oxygen atoms in total. The molecule has 0 saturated heterocycles. The number of aromatic nitrogens is 2. The van der Waals surface area contributed by atoms with Crippen molar-refractivity contribution in [1.29, 1.82) is 0 Å². The predicted molar refractivity (Wildman–Crippen MR) is 127 cm³/mol. The highest BCUT2D eigenvalue weighted by atomic mass is 16.5. The van der Waals surface area contributed by atoms with E-state index in [0.717, 1.165) is 28.3 Å². The first-order chi connectivity index (χ1) is 15.2. The molecule has 6 heteroatoms. The Morgan fingerprint density at radius 1 is 1.00 bits per heavy atom. The lowest BCUT2D eigenvalue weighted by Crippen LogP contribution is -2.27. The second-order valence-electron chi connectivity index (χ2n) is 8.76. The highest BCUT2D eigenvalue weighted by molar-refractivity contribution is 5.91. The number of esters is 1. The summed E-state index contributed by atoms with van der Waals surface area (Å²) in [6, 6.07) is 18.4. The number of hydrogen-bond acceptors (Lipinski definition) is 5. The van der Waals surface area contributed by atoms with Gasteiger partial charge in [0.25, 0.3) is 0 Å². The molecular formula is C26H27N3O3. The second kappa shape index (κ2) is 8.38. The van der Waals surface area contributed by atoms with Crippen LogP contribution in [0.15, 0.2) is 66.9 Å². The van der Waals surface area contributed by atoms with Gasteiger partial charge < -0.3 is 14.8 Å². The van der Waals surface area contributed by atoms with Crippen LogP contribution in [0.4, 0.5) is 5.82 Å². The number of carbonyl (C=O) groups is 1. The predicted octanol–water partition coefficient (Wildman–Crippen LogP) is 5.75. The maximum atomic E-state index is 12.5. The van der Waals surface area contributed by atoms with Crippen molar-refractivity contribution in [2.45, 2.75) is 33.2 Å². The van der Waals surface area contributed by atoms with Crippen molar-refractivity contribution in [3.63, 3.8) is 0 Å². The van der Waals surface area contributed by atoms with Crippen LogP contribution in [-0.4, -0.2) is 28.0 Å². The van der Waals surface area contributed by atoms with Crippen LogP contribution in [-0.2, 0) is 0 Å². The molecule has 2 aromatic heterocycles. The van der Waals surface area contributed by atoms with Crippen LogP contribution in [0.5, 0.6) is 11.5 Å². The molecule has 0 spiro atoms. The normalized spacial score (nSPS) is 11.4. The summed E-state index contributed by atoms with van der Waals surface area (Å²) in [5, 5.41) is 3.57. The lowest BCUT2D eigenvalue weighted by molar-refractivity contribution is 0.0734. The molecule has 0 aliphatic carbocycles. The number of ether oxygens (including phenoxy) is 2. The van der Waals surface area contributed by atoms with E-state index >= 15 is 0 Å². The van der Waals surface area contributed by atoms with Gasteiger partial charge in [0.1, 0.15) is 28.7 Å². The van der Waals surface area contributed by atoms with E-state index in [-0.39, 0.29) is 5.54 Å². The molecule has 2 aromatic carbocycles. The molecule has 4 rings (SSSR count). The first-order valence-corrected chi connectivity index (χ1v) is 10.5. The van der Waals surface area contributed by atoms with Gasteiger partial charge in [0.2, 0.25) is 0 Å². The lowest BCUT2D eigenvalue weighted by atomic mass is 10.1. The summed E-state index contributed by atoms with van der Waals surface area (Å²) in [4.78, 5) is 17.4. The zero-order valence-corrected chi connectivity index (χ0v) is 19.0. The number of hydrogen-bond donors (Lipinski definition) is 1. The fourth-order valence-electron chi connectivity index (χ4n) is 3.42. The van der Waals surface area contributed by atoms with Crippen LogP contribution in [0.2, 0.25) is 0 Å². The summed E-state index contributed by atoms with van der Waals surface area (Å²) in [6.45, 7) is 8.40. The Labute approximate surface area is 187 Å². The molecule has 0 aliphatic heterocycles. The number of carbonyl (C=O) groups excluding carboxylic acids is 1.